The Hall–Kier alpha value is -3.29. The van der Waals surface area contributed by atoms with Gasteiger partial charge < -0.3 is 19.5 Å². The Kier molecular flexibility index (Phi) is 6.37. The summed E-state index contributed by atoms with van der Waals surface area (Å²) in [6.07, 6.45) is 0. The monoisotopic (exact) mass is 360 g/mol. The van der Waals surface area contributed by atoms with Crippen LogP contribution >= 0.6 is 0 Å². The highest BCUT2D eigenvalue weighted by Crippen LogP contribution is 2.35. The Morgan fingerprint density at radius 1 is 1.08 bits per heavy atom. The predicted octanol–water partition coefficient (Wildman–Crippen LogP) is 3.65. The molecule has 1 N–H and O–H groups in total. The van der Waals surface area contributed by atoms with Crippen molar-refractivity contribution in [3.63, 3.8) is 0 Å². The van der Waals surface area contributed by atoms with Gasteiger partial charge in [0.2, 0.25) is 0 Å². The minimum absolute atomic E-state index is 0.134. The molecule has 0 saturated carbocycles. The van der Waals surface area contributed by atoms with Crippen LogP contribution in [0.1, 0.15) is 24.2 Å². The molecule has 0 saturated heterocycles. The minimum atomic E-state index is -0.646. The lowest BCUT2D eigenvalue weighted by Gasteiger charge is -2.13. The Bertz CT molecular complexity index is 806. The van der Waals surface area contributed by atoms with Crippen molar-refractivity contribution in [3.8, 4) is 17.2 Å². The quantitative estimate of drug-likeness (QED) is 0.570. The number of anilines is 1. The summed E-state index contributed by atoms with van der Waals surface area (Å²) in [6, 6.07) is 9.33. The van der Waals surface area contributed by atoms with Crippen LogP contribution in [0.3, 0.4) is 0 Å². The number of benzene rings is 2. The summed E-state index contributed by atoms with van der Waals surface area (Å²) in [5.74, 6) is 0.269. The fraction of sp³-hybridized carbons (Fsp3) is 0.278. The van der Waals surface area contributed by atoms with Gasteiger partial charge in [0, 0.05) is 6.07 Å². The normalized spacial score (nSPS) is 10.1. The van der Waals surface area contributed by atoms with E-state index in [1.807, 2.05) is 6.92 Å². The number of methoxy groups -OCH3 is 1. The number of ether oxygens (including phenoxy) is 3. The number of carbonyl (C=O) groups is 1. The van der Waals surface area contributed by atoms with Crippen molar-refractivity contribution < 1.29 is 23.9 Å². The van der Waals surface area contributed by atoms with Crippen molar-refractivity contribution in [3.05, 3.63) is 52.1 Å². The van der Waals surface area contributed by atoms with E-state index in [0.717, 1.165) is 0 Å². The average molecular weight is 360 g/mol. The van der Waals surface area contributed by atoms with Crippen LogP contribution in [0.15, 0.2) is 36.4 Å². The minimum Gasteiger partial charge on any atom is -0.493 e. The number of nitrogens with one attached hydrogen (secondary N) is 1. The van der Waals surface area contributed by atoms with E-state index in [1.54, 1.807) is 31.2 Å². The molecule has 0 aliphatic carbocycles. The van der Waals surface area contributed by atoms with Gasteiger partial charge >= 0.3 is 0 Å². The lowest BCUT2D eigenvalue weighted by atomic mass is 10.1. The predicted molar refractivity (Wildman–Crippen MR) is 96.4 cm³/mol. The summed E-state index contributed by atoms with van der Waals surface area (Å²) < 4.78 is 16.0. The lowest BCUT2D eigenvalue weighted by molar-refractivity contribution is -0.385. The molecule has 0 heterocycles. The summed E-state index contributed by atoms with van der Waals surface area (Å²) in [5, 5.41) is 14.0. The van der Waals surface area contributed by atoms with E-state index in [-0.39, 0.29) is 22.7 Å². The highest BCUT2D eigenvalue weighted by atomic mass is 16.6. The van der Waals surface area contributed by atoms with Gasteiger partial charge in [0.15, 0.2) is 11.5 Å². The first-order valence-corrected chi connectivity index (χ1v) is 8.04. The van der Waals surface area contributed by atoms with Crippen molar-refractivity contribution in [2.75, 3.05) is 25.6 Å². The molecule has 0 spiro atoms. The van der Waals surface area contributed by atoms with Crippen molar-refractivity contribution >= 4 is 17.3 Å². The zero-order valence-electron chi connectivity index (χ0n) is 14.8. The summed E-state index contributed by atoms with van der Waals surface area (Å²) in [5.41, 5.74) is -0.0929. The van der Waals surface area contributed by atoms with Gasteiger partial charge in [-0.2, -0.15) is 0 Å². The van der Waals surface area contributed by atoms with Crippen LogP contribution in [-0.2, 0) is 0 Å². The Morgan fingerprint density at radius 2 is 1.73 bits per heavy atom. The average Bonchev–Trinajstić information content (AvgIpc) is 2.63. The highest BCUT2D eigenvalue weighted by molar-refractivity contribution is 6.08. The summed E-state index contributed by atoms with van der Waals surface area (Å²) >= 11 is 0. The molecule has 0 unspecified atom stereocenters. The van der Waals surface area contributed by atoms with Crippen molar-refractivity contribution in [1.29, 1.82) is 0 Å². The van der Waals surface area contributed by atoms with E-state index in [9.17, 15) is 14.9 Å². The molecule has 2 rings (SSSR count). The second-order valence-electron chi connectivity index (χ2n) is 5.09. The third-order valence-electron chi connectivity index (χ3n) is 3.46. The molecule has 0 aliphatic heterocycles. The molecule has 8 heteroatoms. The van der Waals surface area contributed by atoms with E-state index in [0.29, 0.717) is 24.7 Å². The van der Waals surface area contributed by atoms with Crippen LogP contribution in [-0.4, -0.2) is 31.2 Å². The number of nitro groups is 1. The molecule has 0 bridgehead atoms. The topological polar surface area (TPSA) is 99.9 Å². The highest BCUT2D eigenvalue weighted by Gasteiger charge is 2.25. The first-order chi connectivity index (χ1) is 12.5. The largest absolute Gasteiger partial charge is 0.493 e. The molecular weight excluding hydrogens is 340 g/mol. The van der Waals surface area contributed by atoms with E-state index >= 15 is 0 Å². The molecule has 1 amide bonds. The van der Waals surface area contributed by atoms with E-state index < -0.39 is 10.8 Å². The second kappa shape index (κ2) is 8.70. The van der Waals surface area contributed by atoms with E-state index in [1.165, 1.54) is 19.2 Å². The van der Waals surface area contributed by atoms with Crippen molar-refractivity contribution in [2.24, 2.45) is 0 Å². The maximum Gasteiger partial charge on any atom is 0.286 e. The first-order valence-electron chi connectivity index (χ1n) is 8.04. The maximum atomic E-state index is 12.7. The van der Waals surface area contributed by atoms with Gasteiger partial charge in [-0.25, -0.2) is 0 Å². The standard InChI is InChI=1S/C18H20N2O6/c1-4-25-15-9-7-6-8-13(15)19-18(21)12-10-17(26-5-2)16(24-3)11-14(12)20(22)23/h6-11H,4-5H2,1-3H3,(H,19,21). The van der Waals surface area contributed by atoms with Gasteiger partial charge in [0.05, 0.1) is 37.0 Å². The van der Waals surface area contributed by atoms with Gasteiger partial charge in [0.25, 0.3) is 11.6 Å². The molecule has 0 aromatic heterocycles. The van der Waals surface area contributed by atoms with Crippen LogP contribution in [0.25, 0.3) is 0 Å². The van der Waals surface area contributed by atoms with Gasteiger partial charge in [-0.3, -0.25) is 14.9 Å². The van der Waals surface area contributed by atoms with Gasteiger partial charge in [-0.1, -0.05) is 12.1 Å². The third kappa shape index (κ3) is 4.21. The number of rotatable bonds is 8. The summed E-state index contributed by atoms with van der Waals surface area (Å²) in [6.45, 7) is 4.33. The summed E-state index contributed by atoms with van der Waals surface area (Å²) in [7, 11) is 1.37. The fourth-order valence-electron chi connectivity index (χ4n) is 2.35. The van der Waals surface area contributed by atoms with Gasteiger partial charge in [-0.15, -0.1) is 0 Å². The number of hydrogen-bond acceptors (Lipinski definition) is 6. The number of nitro benzene ring substituents is 1. The second-order valence-corrected chi connectivity index (χ2v) is 5.09. The summed E-state index contributed by atoms with van der Waals surface area (Å²) in [4.78, 5) is 23.4. The van der Waals surface area contributed by atoms with Crippen LogP contribution in [0, 0.1) is 10.1 Å². The van der Waals surface area contributed by atoms with Crippen molar-refractivity contribution in [2.45, 2.75) is 13.8 Å². The van der Waals surface area contributed by atoms with Crippen LogP contribution in [0.5, 0.6) is 17.2 Å². The molecule has 2 aromatic carbocycles. The number of nitrogens with zero attached hydrogens (tertiary/aromatic N) is 1. The molecule has 2 aromatic rings. The molecule has 26 heavy (non-hydrogen) atoms. The van der Waals surface area contributed by atoms with Crippen LogP contribution in [0.2, 0.25) is 0 Å². The van der Waals surface area contributed by atoms with Crippen LogP contribution < -0.4 is 19.5 Å². The van der Waals surface area contributed by atoms with Crippen LogP contribution in [0.4, 0.5) is 11.4 Å². The van der Waals surface area contributed by atoms with E-state index in [2.05, 4.69) is 5.32 Å². The Labute approximate surface area is 150 Å². The number of hydrogen-bond donors (Lipinski definition) is 1. The molecular formula is C18H20N2O6. The lowest BCUT2D eigenvalue weighted by Crippen LogP contribution is -2.15. The molecule has 0 radical (unpaired) electrons. The zero-order valence-corrected chi connectivity index (χ0v) is 14.8. The number of para-hydroxylation sites is 2. The zero-order chi connectivity index (χ0) is 19.1. The third-order valence-corrected chi connectivity index (χ3v) is 3.46. The molecule has 8 nitrogen and oxygen atoms in total. The van der Waals surface area contributed by atoms with Crippen molar-refractivity contribution in [1.82, 2.24) is 0 Å². The smallest absolute Gasteiger partial charge is 0.286 e. The van der Waals surface area contributed by atoms with E-state index in [4.69, 9.17) is 14.2 Å². The fourth-order valence-corrected chi connectivity index (χ4v) is 2.35. The Balaban J connectivity index is 2.44. The Morgan fingerprint density at radius 3 is 2.35 bits per heavy atom. The van der Waals surface area contributed by atoms with Gasteiger partial charge in [-0.05, 0) is 26.0 Å². The van der Waals surface area contributed by atoms with Gasteiger partial charge in [0.1, 0.15) is 11.3 Å². The maximum absolute atomic E-state index is 12.7. The number of amides is 1. The first kappa shape index (κ1) is 19.0. The molecule has 0 atom stereocenters. The SMILES string of the molecule is CCOc1ccccc1NC(=O)c1cc(OCC)c(OC)cc1[N+](=O)[O-]. The molecule has 138 valence electrons. The molecule has 0 aliphatic rings. The molecule has 0 fully saturated rings. The number of carbonyl (C=O) groups excluding carboxylic acids is 1.